The topological polar surface area (TPSA) is 74.4 Å². The number of nitrogens with two attached hydrogens (primary N) is 1. The van der Waals surface area contributed by atoms with Crippen molar-refractivity contribution >= 4 is 33.4 Å². The molecular formula is C10H10N2O3S. The van der Waals surface area contributed by atoms with Crippen LogP contribution in [0.2, 0.25) is 0 Å². The van der Waals surface area contributed by atoms with Crippen molar-refractivity contribution in [2.75, 3.05) is 12.8 Å². The lowest BCUT2D eigenvalue weighted by Gasteiger charge is -1.99. The summed E-state index contributed by atoms with van der Waals surface area (Å²) in [4.78, 5) is 16.0. The fraction of sp³-hybridized carbons (Fsp3) is 0.200. The summed E-state index contributed by atoms with van der Waals surface area (Å²) >= 11 is 1.22. The first-order valence-electron chi connectivity index (χ1n) is 4.53. The van der Waals surface area contributed by atoms with Crippen LogP contribution in [-0.4, -0.2) is 18.2 Å². The zero-order valence-electron chi connectivity index (χ0n) is 8.81. The SMILES string of the molecule is COC(=O)Oc1sc2nc(C)ccc2c1N. The summed E-state index contributed by atoms with van der Waals surface area (Å²) in [6.45, 7) is 1.89. The maximum atomic E-state index is 11.0. The van der Waals surface area contributed by atoms with Gasteiger partial charge in [0.1, 0.15) is 4.83 Å². The third-order valence-corrected chi connectivity index (χ3v) is 3.03. The second-order valence-corrected chi connectivity index (χ2v) is 4.13. The van der Waals surface area contributed by atoms with E-state index >= 15 is 0 Å². The lowest BCUT2D eigenvalue weighted by molar-refractivity contribution is 0.123. The Kier molecular flexibility index (Phi) is 2.66. The van der Waals surface area contributed by atoms with Crippen LogP contribution in [0.5, 0.6) is 5.06 Å². The van der Waals surface area contributed by atoms with Gasteiger partial charge in [-0.1, -0.05) is 11.3 Å². The van der Waals surface area contributed by atoms with E-state index in [1.807, 2.05) is 19.1 Å². The zero-order valence-corrected chi connectivity index (χ0v) is 9.63. The van der Waals surface area contributed by atoms with Gasteiger partial charge in [-0.15, -0.1) is 0 Å². The molecule has 6 heteroatoms. The molecule has 0 spiro atoms. The van der Waals surface area contributed by atoms with Gasteiger partial charge >= 0.3 is 6.16 Å². The molecular weight excluding hydrogens is 228 g/mol. The molecule has 0 aliphatic carbocycles. The number of anilines is 1. The normalized spacial score (nSPS) is 10.4. The maximum Gasteiger partial charge on any atom is 0.514 e. The average molecular weight is 238 g/mol. The molecule has 0 saturated carbocycles. The Morgan fingerprint density at radius 2 is 2.25 bits per heavy atom. The second-order valence-electron chi connectivity index (χ2n) is 3.16. The van der Waals surface area contributed by atoms with E-state index in [9.17, 15) is 4.79 Å². The highest BCUT2D eigenvalue weighted by molar-refractivity contribution is 7.21. The first-order valence-corrected chi connectivity index (χ1v) is 5.35. The Hall–Kier alpha value is -1.82. The number of fused-ring (bicyclic) bond motifs is 1. The number of ether oxygens (including phenoxy) is 2. The quantitative estimate of drug-likeness (QED) is 0.772. The Bertz CT molecular complexity index is 550. The zero-order chi connectivity index (χ0) is 11.7. The lowest BCUT2D eigenvalue weighted by Crippen LogP contribution is -2.07. The number of pyridine rings is 1. The van der Waals surface area contributed by atoms with Crippen LogP contribution in [0, 0.1) is 6.92 Å². The molecule has 84 valence electrons. The van der Waals surface area contributed by atoms with Gasteiger partial charge in [0.2, 0.25) is 5.06 Å². The summed E-state index contributed by atoms with van der Waals surface area (Å²) in [6.07, 6.45) is -0.782. The van der Waals surface area contributed by atoms with Gasteiger partial charge in [-0.3, -0.25) is 0 Å². The molecule has 0 aliphatic rings. The van der Waals surface area contributed by atoms with Gasteiger partial charge in [-0.2, -0.15) is 0 Å². The van der Waals surface area contributed by atoms with Crippen LogP contribution in [0.3, 0.4) is 0 Å². The molecule has 0 fully saturated rings. The van der Waals surface area contributed by atoms with Crippen molar-refractivity contribution in [3.63, 3.8) is 0 Å². The molecule has 2 heterocycles. The summed E-state index contributed by atoms with van der Waals surface area (Å²) in [7, 11) is 1.24. The van der Waals surface area contributed by atoms with E-state index in [0.717, 1.165) is 15.9 Å². The summed E-state index contributed by atoms with van der Waals surface area (Å²) < 4.78 is 9.31. The minimum absolute atomic E-state index is 0.319. The number of aromatic nitrogens is 1. The van der Waals surface area contributed by atoms with Gasteiger partial charge < -0.3 is 15.2 Å². The lowest BCUT2D eigenvalue weighted by atomic mass is 10.3. The molecule has 2 rings (SSSR count). The molecule has 0 bridgehead atoms. The Morgan fingerprint density at radius 3 is 2.94 bits per heavy atom. The van der Waals surface area contributed by atoms with E-state index < -0.39 is 6.16 Å². The van der Waals surface area contributed by atoms with E-state index in [0.29, 0.717) is 10.8 Å². The minimum Gasteiger partial charge on any atom is -0.437 e. The van der Waals surface area contributed by atoms with Gasteiger partial charge in [-0.05, 0) is 19.1 Å². The molecule has 2 N–H and O–H groups in total. The fourth-order valence-corrected chi connectivity index (χ4v) is 2.24. The standard InChI is InChI=1S/C10H10N2O3S/c1-5-3-4-6-7(11)9(15-10(13)14-2)16-8(6)12-5/h3-4H,11H2,1-2H3. The molecule has 2 aromatic heterocycles. The van der Waals surface area contributed by atoms with Crippen molar-refractivity contribution in [3.05, 3.63) is 17.8 Å². The number of thiophene rings is 1. The van der Waals surface area contributed by atoms with Crippen molar-refractivity contribution in [2.24, 2.45) is 0 Å². The van der Waals surface area contributed by atoms with Crippen LogP contribution in [0.15, 0.2) is 12.1 Å². The number of aryl methyl sites for hydroxylation is 1. The predicted octanol–water partition coefficient (Wildman–Crippen LogP) is 2.33. The van der Waals surface area contributed by atoms with Gasteiger partial charge in [-0.25, -0.2) is 9.78 Å². The van der Waals surface area contributed by atoms with E-state index in [1.165, 1.54) is 18.4 Å². The van der Waals surface area contributed by atoms with Crippen molar-refractivity contribution in [1.29, 1.82) is 0 Å². The van der Waals surface area contributed by atoms with Crippen molar-refractivity contribution in [1.82, 2.24) is 4.98 Å². The highest BCUT2D eigenvalue weighted by atomic mass is 32.1. The Labute approximate surface area is 95.8 Å². The van der Waals surface area contributed by atoms with Crippen LogP contribution in [0.25, 0.3) is 10.2 Å². The van der Waals surface area contributed by atoms with Gasteiger partial charge in [0, 0.05) is 11.1 Å². The number of rotatable bonds is 1. The third-order valence-electron chi connectivity index (χ3n) is 2.04. The molecule has 2 aromatic rings. The van der Waals surface area contributed by atoms with Crippen LogP contribution in [-0.2, 0) is 4.74 Å². The Balaban J connectivity index is 2.47. The molecule has 16 heavy (non-hydrogen) atoms. The van der Waals surface area contributed by atoms with Gasteiger partial charge in [0.15, 0.2) is 0 Å². The maximum absolute atomic E-state index is 11.0. The second kappa shape index (κ2) is 3.97. The first kappa shape index (κ1) is 10.7. The summed E-state index contributed by atoms with van der Waals surface area (Å²) in [5.41, 5.74) is 7.13. The van der Waals surface area contributed by atoms with Crippen LogP contribution in [0.1, 0.15) is 5.69 Å². The van der Waals surface area contributed by atoms with Crippen molar-refractivity contribution in [2.45, 2.75) is 6.92 Å². The minimum atomic E-state index is -0.782. The van der Waals surface area contributed by atoms with Crippen LogP contribution < -0.4 is 10.5 Å². The van der Waals surface area contributed by atoms with Gasteiger partial charge in [0.05, 0.1) is 12.8 Å². The van der Waals surface area contributed by atoms with Crippen LogP contribution in [0.4, 0.5) is 10.5 Å². The number of methoxy groups -OCH3 is 1. The average Bonchev–Trinajstić information content (AvgIpc) is 2.55. The molecule has 0 unspecified atom stereocenters. The highest BCUT2D eigenvalue weighted by Gasteiger charge is 2.15. The Morgan fingerprint density at radius 1 is 1.50 bits per heavy atom. The molecule has 0 saturated heterocycles. The van der Waals surface area contributed by atoms with Crippen LogP contribution >= 0.6 is 11.3 Å². The highest BCUT2D eigenvalue weighted by Crippen LogP contribution is 2.39. The molecule has 5 nitrogen and oxygen atoms in total. The number of carbonyl (C=O) groups is 1. The number of nitrogens with zero attached hydrogens (tertiary/aromatic N) is 1. The number of nitrogen functional groups attached to an aromatic ring is 1. The third kappa shape index (κ3) is 1.79. The van der Waals surface area contributed by atoms with Crippen molar-refractivity contribution in [3.8, 4) is 5.06 Å². The first-order chi connectivity index (χ1) is 7.61. The van der Waals surface area contributed by atoms with E-state index in [1.54, 1.807) is 0 Å². The number of carbonyl (C=O) groups excluding carboxylic acids is 1. The van der Waals surface area contributed by atoms with Crippen molar-refractivity contribution < 1.29 is 14.3 Å². The van der Waals surface area contributed by atoms with Gasteiger partial charge in [0.25, 0.3) is 0 Å². The fourth-order valence-electron chi connectivity index (χ4n) is 1.26. The molecule has 0 amide bonds. The predicted molar refractivity (Wildman–Crippen MR) is 61.8 cm³/mol. The number of hydrogen-bond acceptors (Lipinski definition) is 6. The summed E-state index contributed by atoms with van der Waals surface area (Å²) in [6, 6.07) is 3.71. The van der Waals surface area contributed by atoms with E-state index in [4.69, 9.17) is 10.5 Å². The summed E-state index contributed by atoms with van der Waals surface area (Å²) in [5, 5.41) is 1.11. The monoisotopic (exact) mass is 238 g/mol. The molecule has 0 aliphatic heterocycles. The van der Waals surface area contributed by atoms with E-state index in [2.05, 4.69) is 9.72 Å². The summed E-state index contributed by atoms with van der Waals surface area (Å²) in [5.74, 6) is 0. The molecule has 0 radical (unpaired) electrons. The molecule has 0 atom stereocenters. The smallest absolute Gasteiger partial charge is 0.437 e. The van der Waals surface area contributed by atoms with E-state index in [-0.39, 0.29) is 0 Å². The largest absolute Gasteiger partial charge is 0.514 e. The number of hydrogen-bond donors (Lipinski definition) is 1. The molecule has 0 aromatic carbocycles.